The van der Waals surface area contributed by atoms with Crippen LogP contribution in [-0.2, 0) is 24.8 Å². The smallest absolute Gasteiger partial charge is 0.239 e. The van der Waals surface area contributed by atoms with Crippen molar-refractivity contribution in [2.24, 2.45) is 7.05 Å². The number of amides is 1. The number of likely N-dealkylation sites (tertiary alicyclic amines) is 1. The second-order valence-corrected chi connectivity index (χ2v) is 9.78. The molecule has 1 aromatic carbocycles. The summed E-state index contributed by atoms with van der Waals surface area (Å²) >= 11 is 0. The Balaban J connectivity index is 1.36. The first-order chi connectivity index (χ1) is 17.4. The summed E-state index contributed by atoms with van der Waals surface area (Å²) in [6.45, 7) is 6.89. The van der Waals surface area contributed by atoms with Gasteiger partial charge in [0.25, 0.3) is 0 Å². The summed E-state index contributed by atoms with van der Waals surface area (Å²) in [5, 5.41) is 7.28. The molecule has 0 spiro atoms. The fourth-order valence-electron chi connectivity index (χ4n) is 5.35. The minimum absolute atomic E-state index is 0.0280. The number of benzene rings is 1. The first-order valence-corrected chi connectivity index (χ1v) is 12.7. The molecule has 5 rings (SSSR count). The summed E-state index contributed by atoms with van der Waals surface area (Å²) in [5.74, 6) is 3.26. The van der Waals surface area contributed by atoms with Crippen molar-refractivity contribution in [3.8, 4) is 5.75 Å². The second-order valence-electron chi connectivity index (χ2n) is 9.78. The van der Waals surface area contributed by atoms with Crippen LogP contribution < -0.4 is 15.0 Å². The van der Waals surface area contributed by atoms with Gasteiger partial charge in [-0.15, -0.1) is 0 Å². The number of carbonyl (C=O) groups excluding carboxylic acids is 1. The van der Waals surface area contributed by atoms with Crippen LogP contribution in [0.3, 0.4) is 0 Å². The third-order valence-electron chi connectivity index (χ3n) is 7.31. The molecule has 0 radical (unpaired) electrons. The third kappa shape index (κ3) is 4.93. The number of methoxy groups -OCH3 is 1. The molecule has 9 heteroatoms. The van der Waals surface area contributed by atoms with E-state index in [0.717, 1.165) is 79.7 Å². The highest BCUT2D eigenvalue weighted by Crippen LogP contribution is 2.35. The predicted molar refractivity (Wildman–Crippen MR) is 139 cm³/mol. The van der Waals surface area contributed by atoms with E-state index in [4.69, 9.17) is 14.7 Å². The Kier molecular flexibility index (Phi) is 6.91. The molecule has 1 atom stereocenters. The van der Waals surface area contributed by atoms with Gasteiger partial charge in [0.15, 0.2) is 5.82 Å². The number of nitrogens with zero attached hydrogens (tertiary/aromatic N) is 6. The monoisotopic (exact) mass is 489 g/mol. The number of anilines is 2. The molecular weight excluding hydrogens is 454 g/mol. The SMILES string of the molecule is COc1ccccc1CN1CCCc2c(C)nc([C@H]3CCCN3CC(=O)Nc3cc(C)n(C)n3)nc21. The second kappa shape index (κ2) is 10.3. The highest BCUT2D eigenvalue weighted by Gasteiger charge is 2.32. The van der Waals surface area contributed by atoms with Crippen LogP contribution in [0.1, 0.15) is 53.6 Å². The summed E-state index contributed by atoms with van der Waals surface area (Å²) in [5.41, 5.74) is 4.42. The van der Waals surface area contributed by atoms with Crippen molar-refractivity contribution in [2.45, 2.75) is 52.1 Å². The Labute approximate surface area is 212 Å². The summed E-state index contributed by atoms with van der Waals surface area (Å²) in [4.78, 5) is 27.4. The molecule has 1 amide bonds. The van der Waals surface area contributed by atoms with Gasteiger partial charge in [0.05, 0.1) is 19.7 Å². The molecule has 2 aromatic heterocycles. The average Bonchev–Trinajstić information content (AvgIpc) is 3.45. The van der Waals surface area contributed by atoms with E-state index in [9.17, 15) is 4.79 Å². The number of rotatable bonds is 7. The number of fused-ring (bicyclic) bond motifs is 1. The van der Waals surface area contributed by atoms with Crippen LogP contribution in [-0.4, -0.2) is 57.3 Å². The van der Waals surface area contributed by atoms with Gasteiger partial charge in [-0.3, -0.25) is 14.4 Å². The maximum Gasteiger partial charge on any atom is 0.239 e. The van der Waals surface area contributed by atoms with E-state index in [1.807, 2.05) is 38.2 Å². The van der Waals surface area contributed by atoms with E-state index in [1.54, 1.807) is 11.8 Å². The van der Waals surface area contributed by atoms with Crippen LogP contribution in [0.4, 0.5) is 11.6 Å². The van der Waals surface area contributed by atoms with E-state index < -0.39 is 0 Å². The van der Waals surface area contributed by atoms with E-state index in [0.29, 0.717) is 12.4 Å². The number of aromatic nitrogens is 4. The van der Waals surface area contributed by atoms with Gasteiger partial charge in [0.1, 0.15) is 17.4 Å². The molecule has 0 aliphatic carbocycles. The van der Waals surface area contributed by atoms with Gasteiger partial charge in [-0.2, -0.15) is 5.10 Å². The van der Waals surface area contributed by atoms with Crippen molar-refractivity contribution in [2.75, 3.05) is 37.0 Å². The zero-order valence-electron chi connectivity index (χ0n) is 21.6. The Morgan fingerprint density at radius 1 is 1.17 bits per heavy atom. The van der Waals surface area contributed by atoms with Gasteiger partial charge < -0.3 is 15.0 Å². The van der Waals surface area contributed by atoms with Gasteiger partial charge in [-0.25, -0.2) is 9.97 Å². The van der Waals surface area contributed by atoms with Crippen molar-refractivity contribution in [1.29, 1.82) is 0 Å². The highest BCUT2D eigenvalue weighted by molar-refractivity contribution is 5.91. The normalized spacial score (nSPS) is 17.8. The number of nitrogens with one attached hydrogen (secondary N) is 1. The molecule has 9 nitrogen and oxygen atoms in total. The molecule has 2 aliphatic heterocycles. The highest BCUT2D eigenvalue weighted by atomic mass is 16.5. The minimum Gasteiger partial charge on any atom is -0.496 e. The number of aryl methyl sites for hydroxylation is 3. The molecule has 4 heterocycles. The van der Waals surface area contributed by atoms with Crippen molar-refractivity contribution >= 4 is 17.5 Å². The standard InChI is InChI=1S/C27H35N7O2/c1-18-15-24(31-32(18)3)29-25(35)17-33-13-8-11-22(33)26-28-19(2)21-10-7-14-34(27(21)30-26)16-20-9-5-6-12-23(20)36-4/h5-6,9,12,15,22H,7-8,10-11,13-14,16-17H2,1-4H3,(H,29,31,35)/t22-/m1/s1. The zero-order valence-corrected chi connectivity index (χ0v) is 21.6. The summed E-state index contributed by atoms with van der Waals surface area (Å²) in [6, 6.07) is 10.1. The lowest BCUT2D eigenvalue weighted by Crippen LogP contribution is -2.35. The van der Waals surface area contributed by atoms with E-state index in [-0.39, 0.29) is 11.9 Å². The predicted octanol–water partition coefficient (Wildman–Crippen LogP) is 3.56. The topological polar surface area (TPSA) is 88.4 Å². The van der Waals surface area contributed by atoms with Crippen LogP contribution in [0.5, 0.6) is 5.75 Å². The Morgan fingerprint density at radius 2 is 2.00 bits per heavy atom. The summed E-state index contributed by atoms with van der Waals surface area (Å²) in [7, 11) is 3.58. The zero-order chi connectivity index (χ0) is 25.2. The molecule has 0 bridgehead atoms. The lowest BCUT2D eigenvalue weighted by atomic mass is 10.0. The molecular formula is C27H35N7O2. The molecule has 36 heavy (non-hydrogen) atoms. The molecule has 1 saturated heterocycles. The van der Waals surface area contributed by atoms with Crippen LogP contribution >= 0.6 is 0 Å². The summed E-state index contributed by atoms with van der Waals surface area (Å²) in [6.07, 6.45) is 4.03. The lowest BCUT2D eigenvalue weighted by Gasteiger charge is -2.32. The van der Waals surface area contributed by atoms with Crippen molar-refractivity contribution < 1.29 is 9.53 Å². The van der Waals surface area contributed by atoms with Crippen molar-refractivity contribution in [3.63, 3.8) is 0 Å². The Hall–Kier alpha value is -3.46. The van der Waals surface area contributed by atoms with Gasteiger partial charge in [-0.1, -0.05) is 18.2 Å². The van der Waals surface area contributed by atoms with Crippen molar-refractivity contribution in [1.82, 2.24) is 24.6 Å². The van der Waals surface area contributed by atoms with Gasteiger partial charge in [-0.05, 0) is 52.1 Å². The maximum absolute atomic E-state index is 12.8. The van der Waals surface area contributed by atoms with Crippen LogP contribution in [0, 0.1) is 13.8 Å². The van der Waals surface area contributed by atoms with E-state index in [2.05, 4.69) is 33.2 Å². The fraction of sp³-hybridized carbons (Fsp3) is 0.481. The minimum atomic E-state index is -0.0625. The molecule has 3 aromatic rings. The third-order valence-corrected chi connectivity index (χ3v) is 7.31. The van der Waals surface area contributed by atoms with E-state index in [1.165, 1.54) is 5.56 Å². The lowest BCUT2D eigenvalue weighted by molar-refractivity contribution is -0.117. The number of ether oxygens (including phenoxy) is 1. The Morgan fingerprint density at radius 3 is 2.78 bits per heavy atom. The first-order valence-electron chi connectivity index (χ1n) is 12.7. The average molecular weight is 490 g/mol. The number of para-hydroxylation sites is 1. The number of hydrogen-bond acceptors (Lipinski definition) is 7. The fourth-order valence-corrected chi connectivity index (χ4v) is 5.35. The number of hydrogen-bond donors (Lipinski definition) is 1. The molecule has 0 saturated carbocycles. The first kappa shape index (κ1) is 24.2. The van der Waals surface area contributed by atoms with Gasteiger partial charge in [0, 0.05) is 48.7 Å². The van der Waals surface area contributed by atoms with Gasteiger partial charge >= 0.3 is 0 Å². The quantitative estimate of drug-likeness (QED) is 0.543. The largest absolute Gasteiger partial charge is 0.496 e. The molecule has 1 N–H and O–H groups in total. The molecule has 2 aliphatic rings. The van der Waals surface area contributed by atoms with Crippen molar-refractivity contribution in [3.05, 3.63) is 58.7 Å². The number of carbonyl (C=O) groups is 1. The molecule has 0 unspecified atom stereocenters. The van der Waals surface area contributed by atoms with E-state index >= 15 is 0 Å². The van der Waals surface area contributed by atoms with Crippen LogP contribution in [0.15, 0.2) is 30.3 Å². The summed E-state index contributed by atoms with van der Waals surface area (Å²) < 4.78 is 7.35. The molecule has 190 valence electrons. The molecule has 1 fully saturated rings. The Bertz CT molecular complexity index is 1240. The van der Waals surface area contributed by atoms with Crippen LogP contribution in [0.25, 0.3) is 0 Å². The van der Waals surface area contributed by atoms with Crippen LogP contribution in [0.2, 0.25) is 0 Å². The van der Waals surface area contributed by atoms with Gasteiger partial charge in [0.2, 0.25) is 5.91 Å². The maximum atomic E-state index is 12.8.